The van der Waals surface area contributed by atoms with E-state index in [1.54, 1.807) is 24.3 Å². The number of imide groups is 1. The van der Waals surface area contributed by atoms with Crippen molar-refractivity contribution in [3.05, 3.63) is 106 Å². The first-order chi connectivity index (χ1) is 21.1. The van der Waals surface area contributed by atoms with Crippen molar-refractivity contribution >= 4 is 11.8 Å². The zero-order valence-corrected chi connectivity index (χ0v) is 25.9. The van der Waals surface area contributed by atoms with Crippen LogP contribution in [0.1, 0.15) is 102 Å². The largest absolute Gasteiger partial charge is 0.392 e. The molecule has 1 N–H and O–H groups in total. The van der Waals surface area contributed by atoms with Crippen molar-refractivity contribution in [1.82, 2.24) is 9.80 Å². The second-order valence-electron chi connectivity index (χ2n) is 14.5. The summed E-state index contributed by atoms with van der Waals surface area (Å²) >= 11 is 0. The van der Waals surface area contributed by atoms with Gasteiger partial charge in [0, 0.05) is 31.1 Å². The number of ether oxygens (including phenoxy) is 2. The summed E-state index contributed by atoms with van der Waals surface area (Å²) in [4.78, 5) is 29.7. The monoisotopic (exact) mass is 594 g/mol. The third-order valence-electron chi connectivity index (χ3n) is 10.0. The smallest absolute Gasteiger partial charge is 0.261 e. The number of fused-ring (bicyclic) bond motifs is 3. The molecule has 7 nitrogen and oxygen atoms in total. The number of carbonyl (C=O) groups is 2. The molecule has 7 rings (SSSR count). The maximum atomic E-state index is 12.9. The number of nitrogens with zero attached hydrogens (tertiary/aromatic N) is 2. The summed E-state index contributed by atoms with van der Waals surface area (Å²) in [5, 5.41) is 9.55. The highest BCUT2D eigenvalue weighted by Gasteiger charge is 2.50. The SMILES string of the molecule is CC1(C)CC2CC(C)(CN2CC2CC(c3ccc(CO)cc3)OC(c3ccc(CN4C(=O)c5ccccc5C4=O)cc3)O2)C1. The number of aliphatic hydroxyl groups is 1. The molecule has 3 aromatic rings. The lowest BCUT2D eigenvalue weighted by molar-refractivity contribution is -0.253. The third kappa shape index (κ3) is 5.63. The first-order valence-electron chi connectivity index (χ1n) is 15.9. The highest BCUT2D eigenvalue weighted by atomic mass is 16.7. The molecule has 0 aromatic heterocycles. The molecule has 1 aliphatic carbocycles. The van der Waals surface area contributed by atoms with Gasteiger partial charge in [-0.3, -0.25) is 19.4 Å². The van der Waals surface area contributed by atoms with Gasteiger partial charge >= 0.3 is 0 Å². The Balaban J connectivity index is 1.09. The molecule has 3 heterocycles. The fourth-order valence-corrected chi connectivity index (χ4v) is 8.43. The van der Waals surface area contributed by atoms with Gasteiger partial charge in [0.1, 0.15) is 0 Å². The van der Waals surface area contributed by atoms with E-state index in [0.717, 1.165) is 41.8 Å². The molecule has 230 valence electrons. The highest BCUT2D eigenvalue weighted by Crippen LogP contribution is 2.53. The first-order valence-corrected chi connectivity index (χ1v) is 15.9. The fourth-order valence-electron chi connectivity index (χ4n) is 8.43. The summed E-state index contributed by atoms with van der Waals surface area (Å²) in [6.45, 7) is 9.47. The number of benzene rings is 3. The topological polar surface area (TPSA) is 79.3 Å². The van der Waals surface area contributed by atoms with Crippen LogP contribution in [0.5, 0.6) is 0 Å². The quantitative estimate of drug-likeness (QED) is 0.318. The molecular weight excluding hydrogens is 552 g/mol. The van der Waals surface area contributed by atoms with Crippen LogP contribution in [0.2, 0.25) is 0 Å². The van der Waals surface area contributed by atoms with Gasteiger partial charge in [-0.25, -0.2) is 0 Å². The number of rotatable bonds is 7. The van der Waals surface area contributed by atoms with Crippen molar-refractivity contribution in [2.24, 2.45) is 10.8 Å². The maximum absolute atomic E-state index is 12.9. The average molecular weight is 595 g/mol. The van der Waals surface area contributed by atoms with E-state index in [1.165, 1.54) is 24.2 Å². The van der Waals surface area contributed by atoms with Crippen molar-refractivity contribution in [2.75, 3.05) is 13.1 Å². The van der Waals surface area contributed by atoms with Gasteiger partial charge in [-0.2, -0.15) is 0 Å². The summed E-state index contributed by atoms with van der Waals surface area (Å²) in [6, 6.07) is 23.4. The Bertz CT molecular complexity index is 1520. The molecule has 2 saturated heterocycles. The molecular formula is C37H42N2O5. The Hall–Kier alpha value is -3.36. The van der Waals surface area contributed by atoms with Gasteiger partial charge in [0.25, 0.3) is 11.8 Å². The van der Waals surface area contributed by atoms with Gasteiger partial charge in [-0.15, -0.1) is 0 Å². The fraction of sp³-hybridized carbons (Fsp3) is 0.459. The Labute approximate surface area is 259 Å². The molecule has 2 bridgehead atoms. The van der Waals surface area contributed by atoms with E-state index < -0.39 is 6.29 Å². The standard InChI is InChI=1S/C37H42N2O5/c1-36(2)17-28-18-37(3,22-36)23-38(28)20-29-16-32(26-12-10-25(21-40)11-13-26)44-35(43-29)27-14-8-24(9-15-27)19-39-33(41)30-6-4-5-7-31(30)34(39)42/h4-15,28-29,32,35,40H,16-23H2,1-3H3. The van der Waals surface area contributed by atoms with Crippen LogP contribution in [-0.2, 0) is 22.6 Å². The minimum Gasteiger partial charge on any atom is -0.392 e. The first kappa shape index (κ1) is 29.4. The zero-order valence-electron chi connectivity index (χ0n) is 25.9. The summed E-state index contributed by atoms with van der Waals surface area (Å²) < 4.78 is 13.3. The average Bonchev–Trinajstić information content (AvgIpc) is 3.39. The van der Waals surface area contributed by atoms with Gasteiger partial charge in [-0.1, -0.05) is 81.4 Å². The Morgan fingerprint density at radius 1 is 0.818 bits per heavy atom. The number of hydrogen-bond acceptors (Lipinski definition) is 6. The molecule has 3 fully saturated rings. The zero-order chi connectivity index (χ0) is 30.6. The molecule has 3 aliphatic heterocycles. The molecule has 2 amide bonds. The predicted molar refractivity (Wildman–Crippen MR) is 167 cm³/mol. The number of hydrogen-bond donors (Lipinski definition) is 1. The van der Waals surface area contributed by atoms with E-state index in [0.29, 0.717) is 28.0 Å². The number of carbonyl (C=O) groups excluding carboxylic acids is 2. The molecule has 0 radical (unpaired) electrons. The van der Waals surface area contributed by atoms with E-state index in [4.69, 9.17) is 9.47 Å². The predicted octanol–water partition coefficient (Wildman–Crippen LogP) is 6.42. The Morgan fingerprint density at radius 2 is 1.45 bits per heavy atom. The van der Waals surface area contributed by atoms with Crippen LogP contribution in [0.15, 0.2) is 72.8 Å². The van der Waals surface area contributed by atoms with Crippen LogP contribution >= 0.6 is 0 Å². The molecule has 4 aliphatic rings. The number of likely N-dealkylation sites (tertiary alicyclic amines) is 1. The van der Waals surface area contributed by atoms with Gasteiger partial charge < -0.3 is 14.6 Å². The lowest BCUT2D eigenvalue weighted by Gasteiger charge is -2.41. The van der Waals surface area contributed by atoms with Crippen LogP contribution in [-0.4, -0.2) is 52.0 Å². The second kappa shape index (κ2) is 11.2. The van der Waals surface area contributed by atoms with Crippen LogP contribution in [0.3, 0.4) is 0 Å². The van der Waals surface area contributed by atoms with Crippen molar-refractivity contribution in [3.8, 4) is 0 Å². The summed E-state index contributed by atoms with van der Waals surface area (Å²) in [6.07, 6.45) is 3.81. The van der Waals surface area contributed by atoms with Crippen molar-refractivity contribution in [1.29, 1.82) is 0 Å². The van der Waals surface area contributed by atoms with E-state index >= 15 is 0 Å². The third-order valence-corrected chi connectivity index (χ3v) is 10.0. The Kier molecular flexibility index (Phi) is 7.48. The van der Waals surface area contributed by atoms with Crippen molar-refractivity contribution in [2.45, 2.75) is 84.1 Å². The molecule has 3 aromatic carbocycles. The normalized spacial score (nSPS) is 29.7. The second-order valence-corrected chi connectivity index (χ2v) is 14.5. The van der Waals surface area contributed by atoms with Gasteiger partial charge in [0.15, 0.2) is 6.29 Å². The molecule has 1 saturated carbocycles. The minimum atomic E-state index is -0.543. The van der Waals surface area contributed by atoms with Crippen molar-refractivity contribution < 1.29 is 24.2 Å². The number of amides is 2. The van der Waals surface area contributed by atoms with Crippen LogP contribution < -0.4 is 0 Å². The molecule has 7 heteroatoms. The minimum absolute atomic E-state index is 0.000328. The van der Waals surface area contributed by atoms with Crippen molar-refractivity contribution in [3.63, 3.8) is 0 Å². The van der Waals surface area contributed by atoms with Crippen LogP contribution in [0.25, 0.3) is 0 Å². The van der Waals surface area contributed by atoms with Gasteiger partial charge in [-0.05, 0) is 58.9 Å². The molecule has 5 atom stereocenters. The summed E-state index contributed by atoms with van der Waals surface area (Å²) in [7, 11) is 0. The van der Waals surface area contributed by atoms with E-state index in [-0.39, 0.29) is 37.2 Å². The molecule has 5 unspecified atom stereocenters. The van der Waals surface area contributed by atoms with Gasteiger partial charge in [0.05, 0.1) is 36.5 Å². The lowest BCUT2D eigenvalue weighted by atomic mass is 9.65. The lowest BCUT2D eigenvalue weighted by Crippen LogP contribution is -2.42. The summed E-state index contributed by atoms with van der Waals surface area (Å²) in [5.74, 6) is -0.509. The van der Waals surface area contributed by atoms with Crippen LogP contribution in [0, 0.1) is 10.8 Å². The van der Waals surface area contributed by atoms with E-state index in [1.807, 2.05) is 48.5 Å². The van der Waals surface area contributed by atoms with E-state index in [9.17, 15) is 14.7 Å². The summed E-state index contributed by atoms with van der Waals surface area (Å²) in [5.41, 5.74) is 5.36. The Morgan fingerprint density at radius 3 is 2.11 bits per heavy atom. The highest BCUT2D eigenvalue weighted by molar-refractivity contribution is 6.21. The maximum Gasteiger partial charge on any atom is 0.261 e. The van der Waals surface area contributed by atoms with Crippen LogP contribution in [0.4, 0.5) is 0 Å². The van der Waals surface area contributed by atoms with E-state index in [2.05, 4.69) is 25.7 Å². The molecule has 44 heavy (non-hydrogen) atoms. The number of aliphatic hydroxyl groups excluding tert-OH is 1. The molecule has 0 spiro atoms. The van der Waals surface area contributed by atoms with Gasteiger partial charge in [0.2, 0.25) is 0 Å².